The molecule has 31 heavy (non-hydrogen) atoms. The van der Waals surface area contributed by atoms with Crippen LogP contribution in [0, 0.1) is 11.3 Å². The van der Waals surface area contributed by atoms with Crippen molar-refractivity contribution < 1.29 is 9.53 Å². The summed E-state index contributed by atoms with van der Waals surface area (Å²) in [5.74, 6) is 0.802. The lowest BCUT2D eigenvalue weighted by Crippen LogP contribution is -2.48. The third kappa shape index (κ3) is 5.06. The quantitative estimate of drug-likeness (QED) is 0.481. The molecular formula is C26H37N3O2. The van der Waals surface area contributed by atoms with Gasteiger partial charge in [-0.1, -0.05) is 33.1 Å². The molecule has 2 aliphatic rings. The Labute approximate surface area is 187 Å². The zero-order chi connectivity index (χ0) is 22.6. The minimum atomic E-state index is -0.282. The van der Waals surface area contributed by atoms with E-state index in [2.05, 4.69) is 56.1 Å². The molecule has 0 saturated heterocycles. The van der Waals surface area contributed by atoms with Gasteiger partial charge in [-0.15, -0.1) is 0 Å². The lowest BCUT2D eigenvalue weighted by Gasteiger charge is -2.47. The number of anilines is 1. The van der Waals surface area contributed by atoms with E-state index < -0.39 is 0 Å². The number of carbonyl (C=O) groups excluding carboxylic acids is 1. The second kappa shape index (κ2) is 9.77. The number of rotatable bonds is 6. The normalized spacial score (nSPS) is 21.2. The summed E-state index contributed by atoms with van der Waals surface area (Å²) in [5.41, 5.74) is 3.45. The molecule has 0 bridgehead atoms. The average molecular weight is 424 g/mol. The Kier molecular flexibility index (Phi) is 7.30. The Bertz CT molecular complexity index is 875. The van der Waals surface area contributed by atoms with Crippen molar-refractivity contribution in [3.8, 4) is 11.8 Å². The van der Waals surface area contributed by atoms with Gasteiger partial charge in [0.1, 0.15) is 17.4 Å². The summed E-state index contributed by atoms with van der Waals surface area (Å²) in [7, 11) is 1.65. The monoisotopic (exact) mass is 423 g/mol. The summed E-state index contributed by atoms with van der Waals surface area (Å²) in [6.45, 7) is 10.0. The molecular weight excluding hydrogens is 386 g/mol. The standard InChI is InChI=1S/C26H37N3O2/c1-6-12-29-23-15-24(31-5)19(14-22(23)18(2)16-26(29,3)4)13-20(17-27)25(30)28-21-10-8-7-9-11-21/h13-15,18,21H,6-12,16H2,1-5H3,(H,28,30)/b20-13+. The Morgan fingerprint density at radius 1 is 1.32 bits per heavy atom. The smallest absolute Gasteiger partial charge is 0.262 e. The van der Waals surface area contributed by atoms with E-state index in [0.717, 1.165) is 50.6 Å². The fraction of sp³-hybridized carbons (Fsp3) is 0.615. The minimum absolute atomic E-state index is 0.0719. The van der Waals surface area contributed by atoms with Gasteiger partial charge in [0.25, 0.3) is 5.91 Å². The molecule has 1 atom stereocenters. The van der Waals surface area contributed by atoms with Crippen molar-refractivity contribution in [1.82, 2.24) is 5.32 Å². The summed E-state index contributed by atoms with van der Waals surface area (Å²) in [4.78, 5) is 15.2. The van der Waals surface area contributed by atoms with E-state index in [1.54, 1.807) is 13.2 Å². The second-order valence-corrected chi connectivity index (χ2v) is 9.70. The molecule has 0 radical (unpaired) electrons. The number of carbonyl (C=O) groups is 1. The Morgan fingerprint density at radius 2 is 2.03 bits per heavy atom. The lowest BCUT2D eigenvalue weighted by molar-refractivity contribution is -0.117. The molecule has 1 N–H and O–H groups in total. The molecule has 1 heterocycles. The van der Waals surface area contributed by atoms with Crippen molar-refractivity contribution in [2.24, 2.45) is 0 Å². The maximum atomic E-state index is 12.8. The van der Waals surface area contributed by atoms with Gasteiger partial charge in [-0.05, 0) is 63.2 Å². The van der Waals surface area contributed by atoms with Crippen LogP contribution in [0.5, 0.6) is 5.75 Å². The van der Waals surface area contributed by atoms with Crippen LogP contribution < -0.4 is 15.0 Å². The van der Waals surface area contributed by atoms with Crippen LogP contribution >= 0.6 is 0 Å². The van der Waals surface area contributed by atoms with Crippen molar-refractivity contribution in [2.45, 2.75) is 90.1 Å². The highest BCUT2D eigenvalue weighted by Crippen LogP contribution is 2.46. The van der Waals surface area contributed by atoms with Gasteiger partial charge in [0.15, 0.2) is 0 Å². The van der Waals surface area contributed by atoms with E-state index in [9.17, 15) is 10.1 Å². The van der Waals surface area contributed by atoms with Crippen molar-refractivity contribution in [3.05, 3.63) is 28.8 Å². The Morgan fingerprint density at radius 3 is 2.65 bits per heavy atom. The fourth-order valence-corrected chi connectivity index (χ4v) is 5.28. The van der Waals surface area contributed by atoms with E-state index in [4.69, 9.17) is 4.74 Å². The summed E-state index contributed by atoms with van der Waals surface area (Å²) in [5, 5.41) is 12.7. The number of amides is 1. The molecule has 1 unspecified atom stereocenters. The number of fused-ring (bicyclic) bond motifs is 1. The maximum absolute atomic E-state index is 12.8. The molecule has 1 aliphatic heterocycles. The van der Waals surface area contributed by atoms with Crippen molar-refractivity contribution in [1.29, 1.82) is 5.26 Å². The molecule has 5 nitrogen and oxygen atoms in total. The van der Waals surface area contributed by atoms with E-state index in [1.165, 1.54) is 17.7 Å². The molecule has 5 heteroatoms. The largest absolute Gasteiger partial charge is 0.496 e. The van der Waals surface area contributed by atoms with Gasteiger partial charge < -0.3 is 15.0 Å². The molecule has 168 valence electrons. The van der Waals surface area contributed by atoms with Gasteiger partial charge in [-0.3, -0.25) is 4.79 Å². The van der Waals surface area contributed by atoms with Crippen LogP contribution in [0.15, 0.2) is 17.7 Å². The molecule has 1 aliphatic carbocycles. The molecule has 0 aromatic heterocycles. The van der Waals surface area contributed by atoms with Gasteiger partial charge in [-0.2, -0.15) is 5.26 Å². The predicted octanol–water partition coefficient (Wildman–Crippen LogP) is 5.55. The number of hydrogen-bond donors (Lipinski definition) is 1. The van der Waals surface area contributed by atoms with E-state index >= 15 is 0 Å². The third-order valence-corrected chi connectivity index (χ3v) is 6.79. The number of ether oxygens (including phenoxy) is 1. The van der Waals surface area contributed by atoms with Crippen LogP contribution in [0.25, 0.3) is 6.08 Å². The highest BCUT2D eigenvalue weighted by molar-refractivity contribution is 6.02. The summed E-state index contributed by atoms with van der Waals surface area (Å²) < 4.78 is 5.70. The Balaban J connectivity index is 1.96. The molecule has 1 aromatic rings. The van der Waals surface area contributed by atoms with Gasteiger partial charge >= 0.3 is 0 Å². The number of nitrogens with one attached hydrogen (secondary N) is 1. The van der Waals surface area contributed by atoms with Crippen LogP contribution in [0.4, 0.5) is 5.69 Å². The van der Waals surface area contributed by atoms with Crippen molar-refractivity contribution in [3.63, 3.8) is 0 Å². The molecule has 1 aromatic carbocycles. The highest BCUT2D eigenvalue weighted by atomic mass is 16.5. The zero-order valence-electron chi connectivity index (χ0n) is 19.8. The second-order valence-electron chi connectivity index (χ2n) is 9.70. The third-order valence-electron chi connectivity index (χ3n) is 6.79. The highest BCUT2D eigenvalue weighted by Gasteiger charge is 2.36. The van der Waals surface area contributed by atoms with Crippen LogP contribution in [-0.4, -0.2) is 31.1 Å². The fourth-order valence-electron chi connectivity index (χ4n) is 5.28. The lowest BCUT2D eigenvalue weighted by atomic mass is 9.79. The number of nitrogens with zero attached hydrogens (tertiary/aromatic N) is 2. The molecule has 1 saturated carbocycles. The summed E-state index contributed by atoms with van der Waals surface area (Å²) in [6.07, 6.45) is 9.30. The summed E-state index contributed by atoms with van der Waals surface area (Å²) in [6, 6.07) is 6.48. The van der Waals surface area contributed by atoms with E-state index in [0.29, 0.717) is 11.7 Å². The van der Waals surface area contributed by atoms with Crippen LogP contribution in [0.2, 0.25) is 0 Å². The van der Waals surface area contributed by atoms with Crippen molar-refractivity contribution >= 4 is 17.7 Å². The first-order valence-corrected chi connectivity index (χ1v) is 11.7. The van der Waals surface area contributed by atoms with Gasteiger partial charge in [0, 0.05) is 35.4 Å². The zero-order valence-corrected chi connectivity index (χ0v) is 19.8. The number of nitriles is 1. The average Bonchev–Trinajstić information content (AvgIpc) is 2.74. The van der Waals surface area contributed by atoms with Crippen LogP contribution in [0.1, 0.15) is 89.7 Å². The van der Waals surface area contributed by atoms with Crippen molar-refractivity contribution in [2.75, 3.05) is 18.6 Å². The molecule has 3 rings (SSSR count). The molecule has 1 fully saturated rings. The first-order chi connectivity index (χ1) is 14.8. The first-order valence-electron chi connectivity index (χ1n) is 11.7. The topological polar surface area (TPSA) is 65.4 Å². The van der Waals surface area contributed by atoms with Crippen LogP contribution in [-0.2, 0) is 4.79 Å². The maximum Gasteiger partial charge on any atom is 0.262 e. The Hall–Kier alpha value is -2.48. The minimum Gasteiger partial charge on any atom is -0.496 e. The SMILES string of the molecule is CCCN1c2cc(OC)c(/C=C(\C#N)C(=O)NC3CCCCC3)cc2C(C)CC1(C)C. The van der Waals surface area contributed by atoms with E-state index in [1.807, 2.05) is 0 Å². The predicted molar refractivity (Wildman–Crippen MR) is 126 cm³/mol. The molecule has 0 spiro atoms. The first kappa shape index (κ1) is 23.2. The number of hydrogen-bond acceptors (Lipinski definition) is 4. The van der Waals surface area contributed by atoms with Gasteiger partial charge in [-0.25, -0.2) is 0 Å². The van der Waals surface area contributed by atoms with Gasteiger partial charge in [0.2, 0.25) is 0 Å². The number of benzene rings is 1. The summed E-state index contributed by atoms with van der Waals surface area (Å²) >= 11 is 0. The number of methoxy groups -OCH3 is 1. The van der Waals surface area contributed by atoms with Gasteiger partial charge in [0.05, 0.1) is 7.11 Å². The van der Waals surface area contributed by atoms with E-state index in [-0.39, 0.29) is 23.1 Å². The molecule has 1 amide bonds. The van der Waals surface area contributed by atoms with Crippen LogP contribution in [0.3, 0.4) is 0 Å².